The molecule has 8 N–H and O–H groups in total. The first-order chi connectivity index (χ1) is 6.25. The van der Waals surface area contributed by atoms with Crippen molar-refractivity contribution >= 4 is 11.8 Å². The Hall–Kier alpha value is -1.02. The van der Waals surface area contributed by atoms with Crippen molar-refractivity contribution in [3.8, 4) is 0 Å². The zero-order valence-corrected chi connectivity index (χ0v) is 8.03. The fraction of sp³-hybridized carbons (Fsp3) is 0.714. The summed E-state index contributed by atoms with van der Waals surface area (Å²) in [7, 11) is 0. The van der Waals surface area contributed by atoms with Crippen LogP contribution >= 0.6 is 0 Å². The Balaban J connectivity index is 4.00. The molecule has 0 spiro atoms. The highest BCUT2D eigenvalue weighted by Gasteiger charge is 2.29. The Morgan fingerprint density at radius 2 is 1.79 bits per heavy atom. The summed E-state index contributed by atoms with van der Waals surface area (Å²) in [5.41, 5.74) is 20.8. The van der Waals surface area contributed by atoms with Crippen molar-refractivity contribution in [3.05, 3.63) is 0 Å². The summed E-state index contributed by atoms with van der Waals surface area (Å²) in [6.07, 6.45) is -1.18. The molecule has 0 unspecified atom stereocenters. The van der Waals surface area contributed by atoms with Crippen molar-refractivity contribution in [2.45, 2.75) is 31.8 Å². The third-order valence-corrected chi connectivity index (χ3v) is 1.49. The number of carbonyl (C=O) groups excluding carboxylic acids is 2. The lowest BCUT2D eigenvalue weighted by atomic mass is 10.2. The van der Waals surface area contributed by atoms with Gasteiger partial charge in [-0.1, -0.05) is 0 Å². The molecular formula is C7H16N4O3. The average Bonchev–Trinajstić information content (AvgIpc) is 1.99. The first-order valence-corrected chi connectivity index (χ1v) is 4.06. The number of nitrogens with two attached hydrogens (primary N) is 4. The number of hydrogen-bond acceptors (Lipinski definition) is 7. The highest BCUT2D eigenvalue weighted by Crippen LogP contribution is 2.01. The van der Waals surface area contributed by atoms with Crippen LogP contribution in [0.1, 0.15) is 19.8 Å². The summed E-state index contributed by atoms with van der Waals surface area (Å²) in [6, 6.07) is 0. The number of ether oxygens (including phenoxy) is 1. The first kappa shape index (κ1) is 13.0. The lowest BCUT2D eigenvalue weighted by Crippen LogP contribution is -2.68. The van der Waals surface area contributed by atoms with E-state index < -0.39 is 18.0 Å². The molecule has 14 heavy (non-hydrogen) atoms. The van der Waals surface area contributed by atoms with Gasteiger partial charge in [-0.25, -0.2) is 0 Å². The predicted molar refractivity (Wildman–Crippen MR) is 49.3 cm³/mol. The SMILES string of the molecule is CC(=O)CCC(=O)OC(N)(N)C(N)N. The second-order valence-electron chi connectivity index (χ2n) is 3.06. The van der Waals surface area contributed by atoms with E-state index >= 15 is 0 Å². The van der Waals surface area contributed by atoms with Gasteiger partial charge in [0.05, 0.1) is 6.42 Å². The molecule has 0 saturated heterocycles. The smallest absolute Gasteiger partial charge is 0.309 e. The largest absolute Gasteiger partial charge is 0.427 e. The number of esters is 1. The molecule has 7 nitrogen and oxygen atoms in total. The van der Waals surface area contributed by atoms with Crippen LogP contribution in [-0.4, -0.2) is 23.8 Å². The second kappa shape index (κ2) is 5.01. The van der Waals surface area contributed by atoms with Gasteiger partial charge in [-0.3, -0.25) is 16.3 Å². The minimum Gasteiger partial charge on any atom is -0.427 e. The number of rotatable bonds is 5. The van der Waals surface area contributed by atoms with Gasteiger partial charge < -0.3 is 21.0 Å². The highest BCUT2D eigenvalue weighted by atomic mass is 16.6. The first-order valence-electron chi connectivity index (χ1n) is 4.06. The van der Waals surface area contributed by atoms with E-state index in [1.807, 2.05) is 0 Å². The molecule has 0 heterocycles. The molecule has 82 valence electrons. The van der Waals surface area contributed by atoms with E-state index in [0.29, 0.717) is 0 Å². The van der Waals surface area contributed by atoms with Crippen LogP contribution in [0.4, 0.5) is 0 Å². The molecule has 0 radical (unpaired) electrons. The molecule has 0 rings (SSSR count). The lowest BCUT2D eigenvalue weighted by Gasteiger charge is -2.27. The predicted octanol–water partition coefficient (Wildman–Crippen LogP) is -2.29. The number of Topliss-reactive ketones (excluding diaryl/α,β-unsaturated/α-hetero) is 1. The molecule has 0 aliphatic carbocycles. The van der Waals surface area contributed by atoms with E-state index in [9.17, 15) is 9.59 Å². The zero-order valence-electron chi connectivity index (χ0n) is 8.03. The number of hydrogen-bond donors (Lipinski definition) is 4. The van der Waals surface area contributed by atoms with E-state index in [1.54, 1.807) is 0 Å². The van der Waals surface area contributed by atoms with Crippen LogP contribution in [0.15, 0.2) is 0 Å². The Morgan fingerprint density at radius 1 is 1.29 bits per heavy atom. The maximum atomic E-state index is 11.0. The Bertz CT molecular complexity index is 227. The van der Waals surface area contributed by atoms with Crippen molar-refractivity contribution in [2.75, 3.05) is 0 Å². The van der Waals surface area contributed by atoms with Crippen LogP contribution < -0.4 is 22.9 Å². The quantitative estimate of drug-likeness (QED) is 0.291. The maximum absolute atomic E-state index is 11.0. The van der Waals surface area contributed by atoms with E-state index in [0.717, 1.165) is 0 Å². The van der Waals surface area contributed by atoms with Gasteiger partial charge in [0, 0.05) is 6.42 Å². The van der Waals surface area contributed by atoms with E-state index in [2.05, 4.69) is 4.74 Å². The summed E-state index contributed by atoms with van der Waals surface area (Å²) < 4.78 is 4.56. The van der Waals surface area contributed by atoms with Gasteiger partial charge in [0.1, 0.15) is 11.9 Å². The molecule has 0 aliphatic rings. The van der Waals surface area contributed by atoms with Gasteiger partial charge in [-0.05, 0) is 6.92 Å². The molecule has 0 fully saturated rings. The van der Waals surface area contributed by atoms with Crippen LogP contribution in [0, 0.1) is 0 Å². The average molecular weight is 204 g/mol. The summed E-state index contributed by atoms with van der Waals surface area (Å²) in [4.78, 5) is 21.6. The minimum atomic E-state index is -1.89. The van der Waals surface area contributed by atoms with Crippen molar-refractivity contribution in [2.24, 2.45) is 22.9 Å². The van der Waals surface area contributed by atoms with E-state index in [1.165, 1.54) is 6.92 Å². The lowest BCUT2D eigenvalue weighted by molar-refractivity contribution is -0.161. The molecule has 7 heteroatoms. The number of ketones is 1. The molecule has 0 aromatic heterocycles. The van der Waals surface area contributed by atoms with Crippen molar-refractivity contribution < 1.29 is 14.3 Å². The molecule has 0 aliphatic heterocycles. The molecule has 0 atom stereocenters. The fourth-order valence-electron chi connectivity index (χ4n) is 0.594. The zero-order chi connectivity index (χ0) is 11.4. The van der Waals surface area contributed by atoms with Crippen LogP contribution in [0.3, 0.4) is 0 Å². The van der Waals surface area contributed by atoms with Crippen LogP contribution in [0.2, 0.25) is 0 Å². The summed E-state index contributed by atoms with van der Waals surface area (Å²) in [5, 5.41) is 0. The fourth-order valence-corrected chi connectivity index (χ4v) is 0.594. The highest BCUT2D eigenvalue weighted by molar-refractivity contribution is 5.81. The van der Waals surface area contributed by atoms with E-state index in [-0.39, 0.29) is 18.6 Å². The van der Waals surface area contributed by atoms with Crippen LogP contribution in [-0.2, 0) is 14.3 Å². The van der Waals surface area contributed by atoms with Crippen LogP contribution in [0.25, 0.3) is 0 Å². The Kier molecular flexibility index (Phi) is 4.64. The Labute approximate surface area is 81.7 Å². The van der Waals surface area contributed by atoms with Gasteiger partial charge in [-0.15, -0.1) is 0 Å². The van der Waals surface area contributed by atoms with Crippen LogP contribution in [0.5, 0.6) is 0 Å². The van der Waals surface area contributed by atoms with Gasteiger partial charge in [0.25, 0.3) is 0 Å². The molecule has 0 bridgehead atoms. The summed E-state index contributed by atoms with van der Waals surface area (Å²) in [5.74, 6) is -2.72. The number of carbonyl (C=O) groups is 2. The normalized spacial score (nSPS) is 11.6. The second-order valence-corrected chi connectivity index (χ2v) is 3.06. The molecular weight excluding hydrogens is 188 g/mol. The molecule has 0 aromatic carbocycles. The van der Waals surface area contributed by atoms with Gasteiger partial charge in [0.2, 0.25) is 5.85 Å². The maximum Gasteiger partial charge on any atom is 0.309 e. The topological polar surface area (TPSA) is 147 Å². The minimum absolute atomic E-state index is 0.0781. The molecule has 0 saturated carbocycles. The third kappa shape index (κ3) is 4.87. The molecule has 0 amide bonds. The Morgan fingerprint density at radius 3 is 2.14 bits per heavy atom. The van der Waals surface area contributed by atoms with Gasteiger partial charge >= 0.3 is 5.97 Å². The third-order valence-electron chi connectivity index (χ3n) is 1.49. The summed E-state index contributed by atoms with van der Waals surface area (Å²) in [6.45, 7) is 1.36. The van der Waals surface area contributed by atoms with E-state index in [4.69, 9.17) is 22.9 Å². The van der Waals surface area contributed by atoms with Crippen molar-refractivity contribution in [3.63, 3.8) is 0 Å². The monoisotopic (exact) mass is 204 g/mol. The summed E-state index contributed by atoms with van der Waals surface area (Å²) >= 11 is 0. The van der Waals surface area contributed by atoms with Gasteiger partial charge in [-0.2, -0.15) is 0 Å². The van der Waals surface area contributed by atoms with Gasteiger partial charge in [0.15, 0.2) is 0 Å². The van der Waals surface area contributed by atoms with Crippen molar-refractivity contribution in [1.82, 2.24) is 0 Å². The molecule has 0 aromatic rings. The van der Waals surface area contributed by atoms with Crippen molar-refractivity contribution in [1.29, 1.82) is 0 Å². The standard InChI is InChI=1S/C7H16N4O3/c1-4(12)2-3-5(13)14-7(10,11)6(8)9/h6H,2-3,8-11H2,1H3.